The van der Waals surface area contributed by atoms with Gasteiger partial charge in [-0.1, -0.05) is 19.9 Å². The maximum atomic E-state index is 12.6. The lowest BCUT2D eigenvalue weighted by Crippen LogP contribution is -2.35. The number of nitrogens with zero attached hydrogens (tertiary/aromatic N) is 1. The van der Waals surface area contributed by atoms with Crippen molar-refractivity contribution in [3.05, 3.63) is 29.3 Å². The van der Waals surface area contributed by atoms with Crippen LogP contribution in [0.3, 0.4) is 0 Å². The molecule has 5 nitrogen and oxygen atoms in total. The predicted molar refractivity (Wildman–Crippen MR) is 90.9 cm³/mol. The Hall–Kier alpha value is -1.40. The van der Waals surface area contributed by atoms with Crippen LogP contribution in [0.1, 0.15) is 49.5 Å². The third-order valence-corrected chi connectivity index (χ3v) is 6.53. The van der Waals surface area contributed by atoms with Crippen LogP contribution in [-0.4, -0.2) is 37.8 Å². The summed E-state index contributed by atoms with van der Waals surface area (Å²) in [5, 5.41) is 2.99. The number of hydrogen-bond donors (Lipinski definition) is 1. The zero-order valence-corrected chi connectivity index (χ0v) is 15.1. The summed E-state index contributed by atoms with van der Waals surface area (Å²) in [5.74, 6) is 0.361. The smallest absolute Gasteiger partial charge is 0.251 e. The van der Waals surface area contributed by atoms with Crippen LogP contribution in [0.2, 0.25) is 0 Å². The summed E-state index contributed by atoms with van der Waals surface area (Å²) in [6.07, 6.45) is 2.30. The van der Waals surface area contributed by atoms with Crippen LogP contribution in [0.25, 0.3) is 0 Å². The monoisotopic (exact) mass is 338 g/mol. The molecule has 6 heteroatoms. The minimum absolute atomic E-state index is 0.130. The van der Waals surface area contributed by atoms with Crippen molar-refractivity contribution in [2.24, 2.45) is 5.92 Å². The molecule has 0 saturated heterocycles. The third kappa shape index (κ3) is 3.93. The molecule has 1 fully saturated rings. The van der Waals surface area contributed by atoms with Crippen molar-refractivity contribution < 1.29 is 13.2 Å². The van der Waals surface area contributed by atoms with Crippen molar-refractivity contribution >= 4 is 15.9 Å². The average Bonchev–Trinajstić information content (AvgIpc) is 3.32. The Balaban J connectivity index is 2.29. The molecule has 0 radical (unpaired) electrons. The molecule has 0 bridgehead atoms. The van der Waals surface area contributed by atoms with Gasteiger partial charge in [-0.3, -0.25) is 4.79 Å². The summed E-state index contributed by atoms with van der Waals surface area (Å²) in [4.78, 5) is 12.7. The highest BCUT2D eigenvalue weighted by Crippen LogP contribution is 2.32. The Morgan fingerprint density at radius 1 is 1.30 bits per heavy atom. The molecule has 0 spiro atoms. The average molecular weight is 338 g/mol. The number of rotatable bonds is 7. The lowest BCUT2D eigenvalue weighted by molar-refractivity contribution is 0.0935. The lowest BCUT2D eigenvalue weighted by atomic mass is 10.1. The standard InChI is InChI=1S/C17H26N2O3S/c1-5-19(6-2)23(21,22)15-10-7-12(3)16(11-15)17(20)18-13(4)14-8-9-14/h7,10-11,13-14H,5-6,8-9H2,1-4H3,(H,18,20). The molecule has 2 rings (SSSR count). The highest BCUT2D eigenvalue weighted by molar-refractivity contribution is 7.89. The van der Waals surface area contributed by atoms with E-state index >= 15 is 0 Å². The van der Waals surface area contributed by atoms with E-state index in [1.54, 1.807) is 26.0 Å². The Morgan fingerprint density at radius 3 is 2.43 bits per heavy atom. The largest absolute Gasteiger partial charge is 0.349 e. The van der Waals surface area contributed by atoms with Gasteiger partial charge < -0.3 is 5.32 Å². The second-order valence-electron chi connectivity index (χ2n) is 6.17. The summed E-state index contributed by atoms with van der Waals surface area (Å²) in [7, 11) is -3.55. The van der Waals surface area contributed by atoms with Crippen molar-refractivity contribution in [3.8, 4) is 0 Å². The van der Waals surface area contributed by atoms with Crippen LogP contribution in [0, 0.1) is 12.8 Å². The van der Waals surface area contributed by atoms with E-state index in [0.29, 0.717) is 24.6 Å². The van der Waals surface area contributed by atoms with Crippen molar-refractivity contribution in [2.75, 3.05) is 13.1 Å². The maximum Gasteiger partial charge on any atom is 0.251 e. The van der Waals surface area contributed by atoms with Gasteiger partial charge >= 0.3 is 0 Å². The van der Waals surface area contributed by atoms with Gasteiger partial charge in [0.05, 0.1) is 4.90 Å². The Kier molecular flexibility index (Phi) is 5.47. The second-order valence-corrected chi connectivity index (χ2v) is 8.10. The molecule has 0 aromatic heterocycles. The number of amides is 1. The molecule has 1 saturated carbocycles. The number of carbonyl (C=O) groups excluding carboxylic acids is 1. The number of sulfonamides is 1. The van der Waals surface area contributed by atoms with E-state index in [-0.39, 0.29) is 16.8 Å². The van der Waals surface area contributed by atoms with Gasteiger partial charge in [-0.15, -0.1) is 0 Å². The van der Waals surface area contributed by atoms with E-state index < -0.39 is 10.0 Å². The van der Waals surface area contributed by atoms with Gasteiger partial charge in [0, 0.05) is 24.7 Å². The molecule has 1 unspecified atom stereocenters. The minimum atomic E-state index is -3.55. The highest BCUT2D eigenvalue weighted by atomic mass is 32.2. The van der Waals surface area contributed by atoms with Gasteiger partial charge in [-0.2, -0.15) is 4.31 Å². The second kappa shape index (κ2) is 7.01. The number of carbonyl (C=O) groups is 1. The Morgan fingerprint density at radius 2 is 1.91 bits per heavy atom. The zero-order chi connectivity index (χ0) is 17.2. The van der Waals surface area contributed by atoms with E-state index in [4.69, 9.17) is 0 Å². The van der Waals surface area contributed by atoms with Crippen LogP contribution in [0.15, 0.2) is 23.1 Å². The third-order valence-electron chi connectivity index (χ3n) is 4.48. The van der Waals surface area contributed by atoms with Crippen molar-refractivity contribution in [1.29, 1.82) is 0 Å². The molecular weight excluding hydrogens is 312 g/mol. The normalized spacial score (nSPS) is 16.4. The first kappa shape index (κ1) is 17.9. The van der Waals surface area contributed by atoms with Crippen LogP contribution in [-0.2, 0) is 10.0 Å². The summed E-state index contributed by atoms with van der Waals surface area (Å²) < 4.78 is 26.6. The van der Waals surface area contributed by atoms with Gasteiger partial charge in [0.25, 0.3) is 5.91 Å². The van der Waals surface area contributed by atoms with Gasteiger partial charge in [-0.05, 0) is 50.3 Å². The molecule has 1 atom stereocenters. The highest BCUT2D eigenvalue weighted by Gasteiger charge is 2.30. The van der Waals surface area contributed by atoms with Gasteiger partial charge in [0.2, 0.25) is 10.0 Å². The van der Waals surface area contributed by atoms with Gasteiger partial charge in [0.1, 0.15) is 0 Å². The van der Waals surface area contributed by atoms with E-state index in [0.717, 1.165) is 18.4 Å². The molecule has 0 aliphatic heterocycles. The molecule has 1 aromatic carbocycles. The Bertz CT molecular complexity index is 677. The van der Waals surface area contributed by atoms with Gasteiger partial charge in [-0.25, -0.2) is 8.42 Å². The number of hydrogen-bond acceptors (Lipinski definition) is 3. The quantitative estimate of drug-likeness (QED) is 0.831. The summed E-state index contributed by atoms with van der Waals surface area (Å²) in [5.41, 5.74) is 1.22. The Labute approximate surface area is 139 Å². The van der Waals surface area contributed by atoms with Crippen LogP contribution < -0.4 is 5.32 Å². The van der Waals surface area contributed by atoms with Crippen molar-refractivity contribution in [2.45, 2.75) is 51.5 Å². The van der Waals surface area contributed by atoms with Crippen LogP contribution in [0.5, 0.6) is 0 Å². The number of benzene rings is 1. The van der Waals surface area contributed by atoms with Crippen molar-refractivity contribution in [3.63, 3.8) is 0 Å². The molecule has 1 amide bonds. The predicted octanol–water partition coefficient (Wildman–Crippen LogP) is 2.55. The first-order valence-corrected chi connectivity index (χ1v) is 9.66. The fourth-order valence-electron chi connectivity index (χ4n) is 2.72. The number of nitrogens with one attached hydrogen (secondary N) is 1. The van der Waals surface area contributed by atoms with Crippen molar-refractivity contribution in [1.82, 2.24) is 9.62 Å². The molecule has 128 valence electrons. The molecule has 1 aliphatic rings. The van der Waals surface area contributed by atoms with E-state index in [1.165, 1.54) is 10.4 Å². The summed E-state index contributed by atoms with van der Waals surface area (Å²) in [6, 6.07) is 4.90. The first-order valence-electron chi connectivity index (χ1n) is 8.22. The van der Waals surface area contributed by atoms with Gasteiger partial charge in [0.15, 0.2) is 0 Å². The molecule has 1 aliphatic carbocycles. The lowest BCUT2D eigenvalue weighted by Gasteiger charge is -2.20. The van der Waals surface area contributed by atoms with E-state index in [9.17, 15) is 13.2 Å². The maximum absolute atomic E-state index is 12.6. The van der Waals surface area contributed by atoms with E-state index in [1.807, 2.05) is 13.8 Å². The van der Waals surface area contributed by atoms with Crippen LogP contribution in [0.4, 0.5) is 0 Å². The molecule has 1 aromatic rings. The molecule has 23 heavy (non-hydrogen) atoms. The fourth-order valence-corrected chi connectivity index (χ4v) is 4.20. The fraction of sp³-hybridized carbons (Fsp3) is 0.588. The topological polar surface area (TPSA) is 66.5 Å². The summed E-state index contributed by atoms with van der Waals surface area (Å²) in [6.45, 7) is 8.26. The first-order chi connectivity index (χ1) is 10.8. The van der Waals surface area contributed by atoms with Crippen LogP contribution >= 0.6 is 0 Å². The van der Waals surface area contributed by atoms with E-state index in [2.05, 4.69) is 5.32 Å². The SMILES string of the molecule is CCN(CC)S(=O)(=O)c1ccc(C)c(C(=O)NC(C)C2CC2)c1. The summed E-state index contributed by atoms with van der Waals surface area (Å²) >= 11 is 0. The molecule has 0 heterocycles. The number of aryl methyl sites for hydroxylation is 1. The molecule has 1 N–H and O–H groups in total. The molecular formula is C17H26N2O3S. The minimum Gasteiger partial charge on any atom is -0.349 e. The zero-order valence-electron chi connectivity index (χ0n) is 14.3.